The Kier molecular flexibility index (Phi) is 8.68. The third-order valence-corrected chi connectivity index (χ3v) is 11.1. The van der Waals surface area contributed by atoms with Crippen LogP contribution in [0.4, 0.5) is 0 Å². The van der Waals surface area contributed by atoms with E-state index in [9.17, 15) is 33.9 Å². The van der Waals surface area contributed by atoms with Crippen molar-refractivity contribution in [3.63, 3.8) is 0 Å². The molecule has 4 aliphatic carbocycles. The van der Waals surface area contributed by atoms with E-state index in [1.54, 1.807) is 36.4 Å². The number of ether oxygens (including phenoxy) is 2. The zero-order valence-corrected chi connectivity index (χ0v) is 25.6. The third-order valence-electron chi connectivity index (χ3n) is 11.1. The highest BCUT2D eigenvalue weighted by Crippen LogP contribution is 2.66. The number of ketones is 3. The maximum atomic E-state index is 13.8. The first-order valence-corrected chi connectivity index (χ1v) is 15.4. The topological polar surface area (TPSA) is 153 Å². The number of aliphatic hydroxyl groups is 1. The van der Waals surface area contributed by atoms with Gasteiger partial charge in [-0.3, -0.25) is 24.0 Å². The number of carbonyl (C=O) groups excluding carboxylic acids is 6. The van der Waals surface area contributed by atoms with Crippen molar-refractivity contribution in [1.29, 1.82) is 0 Å². The Bertz CT molecular complexity index is 1400. The normalized spacial score (nSPS) is 33.2. The van der Waals surface area contributed by atoms with Crippen LogP contribution in [0.3, 0.4) is 0 Å². The van der Waals surface area contributed by atoms with Crippen molar-refractivity contribution in [2.45, 2.75) is 83.3 Å². The van der Waals surface area contributed by atoms with Crippen LogP contribution < -0.4 is 5.32 Å². The maximum Gasteiger partial charge on any atom is 0.333 e. The predicted octanol–water partition coefficient (Wildman–Crippen LogP) is 3.35. The summed E-state index contributed by atoms with van der Waals surface area (Å²) in [6, 6.07) is 7.51. The lowest BCUT2D eigenvalue weighted by molar-refractivity contribution is -0.173. The summed E-state index contributed by atoms with van der Waals surface area (Å²) in [5, 5.41) is 14.4. The van der Waals surface area contributed by atoms with Gasteiger partial charge in [-0.2, -0.15) is 0 Å². The van der Waals surface area contributed by atoms with E-state index in [1.807, 2.05) is 6.92 Å². The summed E-state index contributed by atoms with van der Waals surface area (Å²) in [4.78, 5) is 76.6. The molecule has 1 aromatic carbocycles. The van der Waals surface area contributed by atoms with E-state index >= 15 is 0 Å². The van der Waals surface area contributed by atoms with Crippen LogP contribution in [0.2, 0.25) is 0 Å². The summed E-state index contributed by atoms with van der Waals surface area (Å²) in [7, 11) is 1.21. The van der Waals surface area contributed by atoms with Crippen LogP contribution in [0.1, 0.15) is 83.2 Å². The summed E-state index contributed by atoms with van der Waals surface area (Å²) >= 11 is 0. The molecule has 44 heavy (non-hydrogen) atoms. The van der Waals surface area contributed by atoms with Gasteiger partial charge in [-0.25, -0.2) is 4.79 Å². The Morgan fingerprint density at radius 3 is 2.45 bits per heavy atom. The predicted molar refractivity (Wildman–Crippen MR) is 157 cm³/mol. The molecular weight excluding hydrogens is 566 g/mol. The van der Waals surface area contributed by atoms with Crippen molar-refractivity contribution < 1.29 is 43.3 Å². The lowest BCUT2D eigenvalue weighted by Crippen LogP contribution is -2.61. The van der Waals surface area contributed by atoms with Crippen LogP contribution in [-0.4, -0.2) is 59.6 Å². The molecule has 0 aromatic heterocycles. The molecule has 0 heterocycles. The van der Waals surface area contributed by atoms with Crippen molar-refractivity contribution in [2.75, 3.05) is 13.7 Å². The maximum absolute atomic E-state index is 13.8. The smallest absolute Gasteiger partial charge is 0.333 e. The van der Waals surface area contributed by atoms with Crippen molar-refractivity contribution >= 4 is 35.2 Å². The number of esters is 2. The van der Waals surface area contributed by atoms with Crippen LogP contribution in [0.15, 0.2) is 42.0 Å². The molecule has 10 heteroatoms. The molecule has 1 amide bonds. The summed E-state index contributed by atoms with van der Waals surface area (Å²) in [5.41, 5.74) is -1.61. The molecule has 5 rings (SSSR count). The molecule has 0 spiro atoms. The minimum atomic E-state index is -1.82. The van der Waals surface area contributed by atoms with Gasteiger partial charge in [0.1, 0.15) is 11.4 Å². The first-order chi connectivity index (χ1) is 20.8. The summed E-state index contributed by atoms with van der Waals surface area (Å²) < 4.78 is 9.99. The molecule has 0 radical (unpaired) electrons. The van der Waals surface area contributed by atoms with Gasteiger partial charge in [-0.1, -0.05) is 49.8 Å². The first kappa shape index (κ1) is 31.8. The Balaban J connectivity index is 1.18. The number of hydrogen-bond acceptors (Lipinski definition) is 9. The molecule has 1 aromatic rings. The monoisotopic (exact) mass is 607 g/mol. The van der Waals surface area contributed by atoms with Gasteiger partial charge in [0.25, 0.3) is 0 Å². The molecule has 3 fully saturated rings. The van der Waals surface area contributed by atoms with Gasteiger partial charge in [0.15, 0.2) is 18.4 Å². The second-order valence-electron chi connectivity index (χ2n) is 13.3. The van der Waals surface area contributed by atoms with E-state index in [2.05, 4.69) is 12.2 Å². The highest BCUT2D eigenvalue weighted by atomic mass is 16.5. The average molecular weight is 608 g/mol. The second-order valence-corrected chi connectivity index (χ2v) is 13.3. The molecule has 0 unspecified atom stereocenters. The number of benzene rings is 1. The Morgan fingerprint density at radius 2 is 1.75 bits per heavy atom. The highest BCUT2D eigenvalue weighted by molar-refractivity contribution is 5.95. The average Bonchev–Trinajstić information content (AvgIpc) is 3.28. The van der Waals surface area contributed by atoms with Gasteiger partial charge >= 0.3 is 11.9 Å². The molecule has 0 saturated heterocycles. The number of nitrogens with one attached hydrogen (secondary N) is 1. The number of carbonyl (C=O) groups is 6. The lowest BCUT2D eigenvalue weighted by Gasteiger charge is -2.57. The number of amides is 1. The Labute approximate surface area is 256 Å². The molecule has 3 saturated carbocycles. The van der Waals surface area contributed by atoms with E-state index in [1.165, 1.54) is 7.11 Å². The van der Waals surface area contributed by atoms with Gasteiger partial charge in [0.05, 0.1) is 13.5 Å². The van der Waals surface area contributed by atoms with Gasteiger partial charge < -0.3 is 19.9 Å². The van der Waals surface area contributed by atoms with Crippen LogP contribution >= 0.6 is 0 Å². The van der Waals surface area contributed by atoms with Crippen molar-refractivity contribution in [1.82, 2.24) is 5.32 Å². The summed E-state index contributed by atoms with van der Waals surface area (Å²) in [5.74, 6) is -2.83. The number of Topliss-reactive ketones (excluding diaryl/α,β-unsaturated/α-hetero) is 2. The van der Waals surface area contributed by atoms with Gasteiger partial charge in [0.2, 0.25) is 11.7 Å². The second kappa shape index (κ2) is 12.0. The minimum absolute atomic E-state index is 0.00388. The molecule has 4 aliphatic rings. The fourth-order valence-corrected chi connectivity index (χ4v) is 8.67. The molecule has 2 N–H and O–H groups in total. The van der Waals surface area contributed by atoms with Crippen molar-refractivity contribution in [3.8, 4) is 0 Å². The van der Waals surface area contributed by atoms with E-state index in [-0.39, 0.29) is 60.4 Å². The third kappa shape index (κ3) is 5.42. The zero-order valence-electron chi connectivity index (χ0n) is 25.6. The van der Waals surface area contributed by atoms with Crippen LogP contribution in [0.5, 0.6) is 0 Å². The van der Waals surface area contributed by atoms with E-state index in [0.29, 0.717) is 24.8 Å². The summed E-state index contributed by atoms with van der Waals surface area (Å²) in [6.07, 6.45) is 4.44. The van der Waals surface area contributed by atoms with Crippen molar-refractivity contribution in [2.24, 2.45) is 28.6 Å². The van der Waals surface area contributed by atoms with Gasteiger partial charge in [0, 0.05) is 30.6 Å². The van der Waals surface area contributed by atoms with E-state index in [0.717, 1.165) is 18.4 Å². The van der Waals surface area contributed by atoms with Gasteiger partial charge in [-0.05, 0) is 61.0 Å². The van der Waals surface area contributed by atoms with Gasteiger partial charge in [-0.15, -0.1) is 0 Å². The van der Waals surface area contributed by atoms with E-state index < -0.39 is 47.3 Å². The zero-order chi connectivity index (χ0) is 31.9. The Morgan fingerprint density at radius 1 is 1.02 bits per heavy atom. The summed E-state index contributed by atoms with van der Waals surface area (Å²) in [6.45, 7) is 3.24. The van der Waals surface area contributed by atoms with Crippen LogP contribution in [-0.2, 0) is 38.2 Å². The first-order valence-electron chi connectivity index (χ1n) is 15.4. The number of methoxy groups -OCH3 is 1. The molecular formula is C34H41NO9. The molecule has 0 bridgehead atoms. The SMILES string of the molecule is COC(=O)[C@H](NC(=O)CCC(=O)OCC(=O)[C@@]1(O)CC[C@H]2[C@@H]3CCC4=CC(=O)CC[C@]4(C)[C@H]3C(=O)C[C@@]21C)c1ccccc1. The fourth-order valence-electron chi connectivity index (χ4n) is 8.67. The van der Waals surface area contributed by atoms with Crippen molar-refractivity contribution in [3.05, 3.63) is 47.5 Å². The number of rotatable bonds is 9. The van der Waals surface area contributed by atoms with E-state index in [4.69, 9.17) is 9.47 Å². The standard InChI is InChI=1S/C34H41NO9/c1-32-15-13-22(36)17-21(32)9-10-23-24-14-16-34(42,33(24,2)18-25(37)29(23)32)26(38)19-44-28(40)12-11-27(39)35-30(31(41)43-3)20-7-5-4-6-8-20/h4-8,17,23-24,29-30,42H,9-16,18-19H2,1-3H3,(H,35,39)/t23-,24-,29+,30+,32-,33-,34-/m0/s1. The largest absolute Gasteiger partial charge is 0.467 e. The number of hydrogen-bond donors (Lipinski definition) is 2. The Hall–Kier alpha value is -3.66. The number of fused-ring (bicyclic) bond motifs is 5. The quantitative estimate of drug-likeness (QED) is 0.403. The molecule has 0 aliphatic heterocycles. The number of allylic oxidation sites excluding steroid dienone is 1. The highest BCUT2D eigenvalue weighted by Gasteiger charge is 2.68. The molecule has 10 nitrogen and oxygen atoms in total. The van der Waals surface area contributed by atoms with Crippen LogP contribution in [0.25, 0.3) is 0 Å². The minimum Gasteiger partial charge on any atom is -0.467 e. The van der Waals surface area contributed by atoms with Crippen LogP contribution in [0, 0.1) is 28.6 Å². The fraction of sp³-hybridized carbons (Fsp3) is 0.588. The molecule has 7 atom stereocenters. The molecule has 236 valence electrons. The lowest BCUT2D eigenvalue weighted by atomic mass is 9.46.